The number of hydrogen-bond donors (Lipinski definition) is 2. The summed E-state index contributed by atoms with van der Waals surface area (Å²) in [5.74, 6) is -0.0838. The van der Waals surface area contributed by atoms with Crippen molar-refractivity contribution in [3.63, 3.8) is 0 Å². The highest BCUT2D eigenvalue weighted by Gasteiger charge is 2.20. The number of aromatic amines is 1. The van der Waals surface area contributed by atoms with Crippen molar-refractivity contribution in [3.8, 4) is 0 Å². The molecule has 0 atom stereocenters. The minimum absolute atomic E-state index is 0.160. The average molecular weight is 274 g/mol. The van der Waals surface area contributed by atoms with E-state index in [0.717, 1.165) is 17.8 Å². The summed E-state index contributed by atoms with van der Waals surface area (Å²) in [6.45, 7) is 1.90. The first-order valence-electron chi connectivity index (χ1n) is 6.46. The van der Waals surface area contributed by atoms with E-state index in [2.05, 4.69) is 14.9 Å². The third-order valence-electron chi connectivity index (χ3n) is 3.46. The first kappa shape index (κ1) is 12.8. The van der Waals surface area contributed by atoms with Gasteiger partial charge < -0.3 is 5.73 Å². The van der Waals surface area contributed by atoms with Crippen molar-refractivity contribution in [3.05, 3.63) is 57.3 Å². The molecule has 0 saturated heterocycles. The van der Waals surface area contributed by atoms with Gasteiger partial charge in [-0.15, -0.1) is 0 Å². The summed E-state index contributed by atoms with van der Waals surface area (Å²) in [6, 6.07) is 6.51. The quantitative estimate of drug-likeness (QED) is 0.858. The van der Waals surface area contributed by atoms with E-state index in [1.165, 1.54) is 12.1 Å². The van der Waals surface area contributed by atoms with E-state index in [4.69, 9.17) is 5.73 Å². The third-order valence-corrected chi connectivity index (χ3v) is 3.46. The van der Waals surface area contributed by atoms with Crippen molar-refractivity contribution >= 4 is 5.95 Å². The normalized spacial score (nSPS) is 15.1. The maximum atomic E-state index is 13.2. The van der Waals surface area contributed by atoms with Crippen LogP contribution in [0.1, 0.15) is 16.8 Å². The second kappa shape index (κ2) is 5.05. The molecule has 0 amide bonds. The van der Waals surface area contributed by atoms with Gasteiger partial charge in [0.2, 0.25) is 5.95 Å². The Kier molecular flexibility index (Phi) is 3.23. The predicted molar refractivity (Wildman–Crippen MR) is 73.5 cm³/mol. The summed E-state index contributed by atoms with van der Waals surface area (Å²) in [5.41, 5.74) is 7.67. The standard InChI is InChI=1S/C14H15FN4O/c15-10-3-1-2-9(6-10)7-19-5-4-12-11(8-19)13(20)18-14(16)17-12/h1-3,6H,4-5,7-8H2,(H3,16,17,18,20). The van der Waals surface area contributed by atoms with Gasteiger partial charge in [0.25, 0.3) is 5.56 Å². The fourth-order valence-corrected chi connectivity index (χ4v) is 2.53. The van der Waals surface area contributed by atoms with Crippen LogP contribution < -0.4 is 11.3 Å². The number of aromatic nitrogens is 2. The molecule has 20 heavy (non-hydrogen) atoms. The molecule has 0 radical (unpaired) electrons. The molecule has 0 fully saturated rings. The molecule has 1 aliphatic heterocycles. The van der Waals surface area contributed by atoms with Gasteiger partial charge in [-0.25, -0.2) is 9.37 Å². The van der Waals surface area contributed by atoms with Crippen molar-refractivity contribution < 1.29 is 4.39 Å². The van der Waals surface area contributed by atoms with E-state index >= 15 is 0 Å². The van der Waals surface area contributed by atoms with E-state index in [1.54, 1.807) is 6.07 Å². The van der Waals surface area contributed by atoms with E-state index in [0.29, 0.717) is 25.1 Å². The van der Waals surface area contributed by atoms with Gasteiger partial charge in [-0.3, -0.25) is 14.7 Å². The second-order valence-corrected chi connectivity index (χ2v) is 4.97. The van der Waals surface area contributed by atoms with E-state index in [1.807, 2.05) is 6.07 Å². The first-order valence-corrected chi connectivity index (χ1v) is 6.46. The van der Waals surface area contributed by atoms with Crippen LogP contribution in [0.5, 0.6) is 0 Å². The molecule has 2 aromatic rings. The highest BCUT2D eigenvalue weighted by atomic mass is 19.1. The van der Waals surface area contributed by atoms with Crippen molar-refractivity contribution in [1.82, 2.24) is 14.9 Å². The van der Waals surface area contributed by atoms with Gasteiger partial charge in [0.15, 0.2) is 0 Å². The minimum Gasteiger partial charge on any atom is -0.369 e. The Morgan fingerprint density at radius 2 is 2.30 bits per heavy atom. The lowest BCUT2D eigenvalue weighted by molar-refractivity contribution is 0.241. The number of nitrogen functional groups attached to an aromatic ring is 1. The number of nitrogens with zero attached hydrogens (tertiary/aromatic N) is 2. The molecule has 1 aromatic carbocycles. The fourth-order valence-electron chi connectivity index (χ4n) is 2.53. The van der Waals surface area contributed by atoms with Gasteiger partial charge in [0.05, 0.1) is 11.3 Å². The van der Waals surface area contributed by atoms with Gasteiger partial charge in [-0.05, 0) is 17.7 Å². The van der Waals surface area contributed by atoms with E-state index in [9.17, 15) is 9.18 Å². The topological polar surface area (TPSA) is 75.0 Å². The number of anilines is 1. The molecule has 104 valence electrons. The SMILES string of the molecule is Nc1nc2c(c(=O)[nH]1)CN(Cc1cccc(F)c1)CC2. The number of halogens is 1. The smallest absolute Gasteiger partial charge is 0.257 e. The van der Waals surface area contributed by atoms with Crippen molar-refractivity contribution in [2.24, 2.45) is 0 Å². The molecule has 0 spiro atoms. The Morgan fingerprint density at radius 3 is 3.10 bits per heavy atom. The number of H-pyrrole nitrogens is 1. The van der Waals surface area contributed by atoms with Crippen molar-refractivity contribution in [2.45, 2.75) is 19.5 Å². The van der Waals surface area contributed by atoms with Crippen LogP contribution in [0.15, 0.2) is 29.1 Å². The van der Waals surface area contributed by atoms with Crippen LogP contribution in [-0.4, -0.2) is 21.4 Å². The van der Waals surface area contributed by atoms with Crippen molar-refractivity contribution in [1.29, 1.82) is 0 Å². The Bertz CT molecular complexity index is 698. The minimum atomic E-state index is -0.243. The molecule has 0 saturated carbocycles. The Morgan fingerprint density at radius 1 is 1.45 bits per heavy atom. The Balaban J connectivity index is 1.81. The molecule has 0 bridgehead atoms. The molecule has 0 aliphatic carbocycles. The summed E-state index contributed by atoms with van der Waals surface area (Å²) in [5, 5.41) is 0. The van der Waals surface area contributed by atoms with Crippen molar-refractivity contribution in [2.75, 3.05) is 12.3 Å². The molecule has 1 aliphatic rings. The number of nitrogens with one attached hydrogen (secondary N) is 1. The van der Waals surface area contributed by atoms with Gasteiger partial charge in [-0.1, -0.05) is 12.1 Å². The molecule has 5 nitrogen and oxygen atoms in total. The molecule has 2 heterocycles. The highest BCUT2D eigenvalue weighted by Crippen LogP contribution is 2.17. The van der Waals surface area contributed by atoms with Crippen LogP contribution in [-0.2, 0) is 19.5 Å². The lowest BCUT2D eigenvalue weighted by Crippen LogP contribution is -2.35. The predicted octanol–water partition coefficient (Wildman–Crippen LogP) is 1.05. The summed E-state index contributed by atoms with van der Waals surface area (Å²) >= 11 is 0. The molecular weight excluding hydrogens is 259 g/mol. The lowest BCUT2D eigenvalue weighted by Gasteiger charge is -2.27. The second-order valence-electron chi connectivity index (χ2n) is 4.97. The zero-order chi connectivity index (χ0) is 14.1. The largest absolute Gasteiger partial charge is 0.369 e. The van der Waals surface area contributed by atoms with E-state index < -0.39 is 0 Å². The van der Waals surface area contributed by atoms with Crippen LogP contribution >= 0.6 is 0 Å². The Labute approximate surface area is 115 Å². The average Bonchev–Trinajstić information content (AvgIpc) is 2.39. The highest BCUT2D eigenvalue weighted by molar-refractivity contribution is 5.27. The molecule has 3 N–H and O–H groups in total. The van der Waals surface area contributed by atoms with Crippen LogP contribution in [0.4, 0.5) is 10.3 Å². The van der Waals surface area contributed by atoms with Crippen LogP contribution in [0.3, 0.4) is 0 Å². The number of benzene rings is 1. The van der Waals surface area contributed by atoms with Crippen LogP contribution in [0.25, 0.3) is 0 Å². The number of rotatable bonds is 2. The molecule has 3 rings (SSSR count). The number of hydrogen-bond acceptors (Lipinski definition) is 4. The molecule has 0 unspecified atom stereocenters. The zero-order valence-corrected chi connectivity index (χ0v) is 10.9. The summed E-state index contributed by atoms with van der Waals surface area (Å²) in [7, 11) is 0. The molecule has 6 heteroatoms. The fraction of sp³-hybridized carbons (Fsp3) is 0.286. The van der Waals surface area contributed by atoms with Gasteiger partial charge >= 0.3 is 0 Å². The first-order chi connectivity index (χ1) is 9.61. The lowest BCUT2D eigenvalue weighted by atomic mass is 10.1. The molecule has 1 aromatic heterocycles. The van der Waals surface area contributed by atoms with Gasteiger partial charge in [0.1, 0.15) is 5.82 Å². The number of fused-ring (bicyclic) bond motifs is 1. The van der Waals surface area contributed by atoms with Gasteiger partial charge in [0, 0.05) is 26.1 Å². The third kappa shape index (κ3) is 2.55. The zero-order valence-electron chi connectivity index (χ0n) is 10.9. The summed E-state index contributed by atoms with van der Waals surface area (Å²) in [6.07, 6.45) is 0.679. The maximum absolute atomic E-state index is 13.2. The monoisotopic (exact) mass is 274 g/mol. The Hall–Kier alpha value is -2.21. The summed E-state index contributed by atoms with van der Waals surface area (Å²) < 4.78 is 13.2. The summed E-state index contributed by atoms with van der Waals surface area (Å²) in [4.78, 5) is 20.7. The van der Waals surface area contributed by atoms with Gasteiger partial charge in [-0.2, -0.15) is 0 Å². The molecular formula is C14H15FN4O. The van der Waals surface area contributed by atoms with Crippen LogP contribution in [0.2, 0.25) is 0 Å². The van der Waals surface area contributed by atoms with Crippen LogP contribution in [0, 0.1) is 5.82 Å². The number of nitrogens with two attached hydrogens (primary N) is 1. The maximum Gasteiger partial charge on any atom is 0.257 e. The van der Waals surface area contributed by atoms with E-state index in [-0.39, 0.29) is 17.3 Å².